The van der Waals surface area contributed by atoms with Gasteiger partial charge in [0.2, 0.25) is 10.0 Å². The topological polar surface area (TPSA) is 52.0 Å². The molecule has 9 heteroatoms. The minimum atomic E-state index is -4.48. The van der Waals surface area contributed by atoms with E-state index in [2.05, 4.69) is 4.98 Å². The molecule has 4 nitrogen and oxygen atoms in total. The number of nitrogens with zero attached hydrogens (tertiary/aromatic N) is 2. The molecule has 2 heterocycles. The van der Waals surface area contributed by atoms with Crippen molar-refractivity contribution in [2.45, 2.75) is 13.1 Å². The zero-order chi connectivity index (χ0) is 20.8. The third-order valence-electron chi connectivity index (χ3n) is 4.42. The minimum Gasteiger partial charge on any atom is -0.245 e. The van der Waals surface area contributed by atoms with Crippen LogP contribution in [0.1, 0.15) is 16.1 Å². The van der Waals surface area contributed by atoms with Gasteiger partial charge in [0, 0.05) is 11.6 Å². The molecule has 0 unspecified atom stereocenters. The smallest absolute Gasteiger partial charge is 0.245 e. The lowest BCUT2D eigenvalue weighted by molar-refractivity contribution is -0.137. The van der Waals surface area contributed by atoms with Crippen LogP contribution in [0.4, 0.5) is 13.2 Å². The van der Waals surface area contributed by atoms with Crippen molar-refractivity contribution >= 4 is 48.6 Å². The van der Waals surface area contributed by atoms with Crippen molar-refractivity contribution < 1.29 is 21.6 Å². The first-order valence-electron chi connectivity index (χ1n) is 8.59. The van der Waals surface area contributed by atoms with Crippen LogP contribution in [0, 0.1) is 6.92 Å². The molecule has 29 heavy (non-hydrogen) atoms. The summed E-state index contributed by atoms with van der Waals surface area (Å²) >= 11 is 1.56. The first kappa shape index (κ1) is 19.7. The fourth-order valence-electron chi connectivity index (χ4n) is 3.08. The van der Waals surface area contributed by atoms with Crippen LogP contribution in [0.5, 0.6) is 0 Å². The van der Waals surface area contributed by atoms with Gasteiger partial charge in [-0.15, -0.1) is 11.3 Å². The molecule has 0 bridgehead atoms. The molecule has 0 amide bonds. The lowest BCUT2D eigenvalue weighted by Gasteiger charge is -2.08. The van der Waals surface area contributed by atoms with Crippen molar-refractivity contribution in [3.8, 4) is 0 Å². The standard InChI is InChI=1S/C20H15F3N2O2S2/c1-13-24-17-6-4-14(11-19(17)28-13)3-2-10-29(26,27)25-9-8-15-12-16(20(21,22)23)5-7-18(15)25/h2-9,11-12H,10H2,1H3. The fourth-order valence-corrected chi connectivity index (χ4v) is 5.17. The number of aromatic nitrogens is 2. The summed E-state index contributed by atoms with van der Waals surface area (Å²) in [5.74, 6) is -0.280. The maximum absolute atomic E-state index is 12.8. The quantitative estimate of drug-likeness (QED) is 0.426. The summed E-state index contributed by atoms with van der Waals surface area (Å²) in [4.78, 5) is 4.38. The van der Waals surface area contributed by atoms with Crippen molar-refractivity contribution in [3.63, 3.8) is 0 Å². The van der Waals surface area contributed by atoms with Crippen LogP contribution < -0.4 is 0 Å². The SMILES string of the molecule is Cc1nc2ccc(C=CCS(=O)(=O)n3ccc4cc(C(F)(F)F)ccc43)cc2s1. The maximum atomic E-state index is 12.8. The van der Waals surface area contributed by atoms with Crippen molar-refractivity contribution in [1.29, 1.82) is 0 Å². The Hall–Kier alpha value is -2.65. The first-order valence-corrected chi connectivity index (χ1v) is 11.0. The highest BCUT2D eigenvalue weighted by Gasteiger charge is 2.30. The predicted octanol–water partition coefficient (Wildman–Crippen LogP) is 5.47. The second kappa shape index (κ2) is 7.00. The van der Waals surface area contributed by atoms with Crippen LogP contribution >= 0.6 is 11.3 Å². The Morgan fingerprint density at radius 3 is 2.69 bits per heavy atom. The average molecular weight is 436 g/mol. The van der Waals surface area contributed by atoms with Gasteiger partial charge in [0.25, 0.3) is 0 Å². The molecule has 150 valence electrons. The number of alkyl halides is 3. The monoisotopic (exact) mass is 436 g/mol. The summed E-state index contributed by atoms with van der Waals surface area (Å²) in [7, 11) is -3.76. The van der Waals surface area contributed by atoms with Crippen molar-refractivity contribution in [2.75, 3.05) is 5.75 Å². The van der Waals surface area contributed by atoms with Crippen molar-refractivity contribution in [2.24, 2.45) is 0 Å². The van der Waals surface area contributed by atoms with Crippen LogP contribution in [0.15, 0.2) is 54.7 Å². The van der Waals surface area contributed by atoms with E-state index in [1.807, 2.05) is 25.1 Å². The number of fused-ring (bicyclic) bond motifs is 2. The van der Waals surface area contributed by atoms with Crippen molar-refractivity contribution in [3.05, 3.63) is 70.9 Å². The van der Waals surface area contributed by atoms with E-state index in [-0.39, 0.29) is 16.7 Å². The Labute approximate surface area is 169 Å². The Morgan fingerprint density at radius 1 is 1.14 bits per heavy atom. The van der Waals surface area contributed by atoms with E-state index in [4.69, 9.17) is 0 Å². The Bertz CT molecular complexity index is 1350. The van der Waals surface area contributed by atoms with Crippen LogP contribution in [-0.4, -0.2) is 23.1 Å². The van der Waals surface area contributed by atoms with Gasteiger partial charge < -0.3 is 0 Å². The van der Waals surface area contributed by atoms with Gasteiger partial charge in [-0.1, -0.05) is 18.2 Å². The summed E-state index contributed by atoms with van der Waals surface area (Å²) in [5.41, 5.74) is 1.15. The largest absolute Gasteiger partial charge is 0.416 e. The number of thiazole rings is 1. The second-order valence-electron chi connectivity index (χ2n) is 6.52. The fraction of sp³-hybridized carbons (Fsp3) is 0.150. The molecule has 0 fully saturated rings. The van der Waals surface area contributed by atoms with Gasteiger partial charge in [0.05, 0.1) is 32.1 Å². The zero-order valence-electron chi connectivity index (χ0n) is 15.1. The Balaban J connectivity index is 1.58. The van der Waals surface area contributed by atoms with E-state index in [0.717, 1.165) is 36.9 Å². The summed E-state index contributed by atoms with van der Waals surface area (Å²) in [6.45, 7) is 1.92. The molecule has 0 radical (unpaired) electrons. The maximum Gasteiger partial charge on any atom is 0.416 e. The molecule has 4 rings (SSSR count). The Kier molecular flexibility index (Phi) is 4.74. The van der Waals surface area contributed by atoms with E-state index >= 15 is 0 Å². The summed E-state index contributed by atoms with van der Waals surface area (Å²) in [6.07, 6.45) is 0.0373. The molecule has 2 aromatic heterocycles. The lowest BCUT2D eigenvalue weighted by atomic mass is 10.1. The van der Waals surface area contributed by atoms with E-state index in [1.165, 1.54) is 24.4 Å². The van der Waals surface area contributed by atoms with Crippen molar-refractivity contribution in [1.82, 2.24) is 8.96 Å². The first-order chi connectivity index (χ1) is 13.6. The molecule has 0 saturated carbocycles. The second-order valence-corrected chi connectivity index (χ2v) is 9.65. The molecular formula is C20H15F3N2O2S2. The van der Waals surface area contributed by atoms with E-state index in [9.17, 15) is 21.6 Å². The average Bonchev–Trinajstić information content (AvgIpc) is 3.22. The number of aryl methyl sites for hydroxylation is 1. The minimum absolute atomic E-state index is 0.216. The number of rotatable bonds is 4. The number of hydrogen-bond donors (Lipinski definition) is 0. The van der Waals surface area contributed by atoms with Crippen LogP contribution in [0.2, 0.25) is 0 Å². The molecule has 0 saturated heterocycles. The highest BCUT2D eigenvalue weighted by atomic mass is 32.2. The van der Waals surface area contributed by atoms with Gasteiger partial charge >= 0.3 is 6.18 Å². The molecule has 0 aliphatic heterocycles. The van der Waals surface area contributed by atoms with Gasteiger partial charge in [-0.2, -0.15) is 13.2 Å². The zero-order valence-corrected chi connectivity index (χ0v) is 16.8. The van der Waals surface area contributed by atoms with Gasteiger partial charge in [-0.25, -0.2) is 17.4 Å². The summed E-state index contributed by atoms with van der Waals surface area (Å²) < 4.78 is 65.9. The van der Waals surface area contributed by atoms with Gasteiger partial charge in [0.15, 0.2) is 0 Å². The highest BCUT2D eigenvalue weighted by molar-refractivity contribution is 7.90. The third-order valence-corrected chi connectivity index (χ3v) is 6.88. The molecule has 0 aliphatic rings. The molecule has 0 aliphatic carbocycles. The summed E-state index contributed by atoms with van der Waals surface area (Å²) in [6, 6.07) is 10.1. The van der Waals surface area contributed by atoms with Crippen LogP contribution in [0.3, 0.4) is 0 Å². The normalized spacial score (nSPS) is 13.1. The number of halogens is 3. The van der Waals surface area contributed by atoms with E-state index < -0.39 is 21.8 Å². The third kappa shape index (κ3) is 3.92. The molecule has 0 spiro atoms. The van der Waals surface area contributed by atoms with Crippen LogP contribution in [0.25, 0.3) is 27.2 Å². The number of benzene rings is 2. The van der Waals surface area contributed by atoms with Gasteiger partial charge in [0.1, 0.15) is 0 Å². The van der Waals surface area contributed by atoms with Gasteiger partial charge in [-0.3, -0.25) is 0 Å². The van der Waals surface area contributed by atoms with E-state index in [1.54, 1.807) is 17.4 Å². The molecule has 0 N–H and O–H groups in total. The molecule has 4 aromatic rings. The lowest BCUT2D eigenvalue weighted by Crippen LogP contribution is -2.14. The molecule has 2 aromatic carbocycles. The van der Waals surface area contributed by atoms with Gasteiger partial charge in [-0.05, 0) is 48.9 Å². The Morgan fingerprint density at radius 2 is 1.93 bits per heavy atom. The number of hydrogen-bond acceptors (Lipinski definition) is 4. The van der Waals surface area contributed by atoms with Crippen LogP contribution in [-0.2, 0) is 16.2 Å². The molecular weight excluding hydrogens is 421 g/mol. The summed E-state index contributed by atoms with van der Waals surface area (Å²) in [5, 5.41) is 1.18. The highest BCUT2D eigenvalue weighted by Crippen LogP contribution is 2.32. The molecule has 0 atom stereocenters. The van der Waals surface area contributed by atoms with E-state index in [0.29, 0.717) is 0 Å². The predicted molar refractivity (Wildman–Crippen MR) is 110 cm³/mol.